The Morgan fingerprint density at radius 3 is 2.83 bits per heavy atom. The molecule has 2 aliphatic rings. The van der Waals surface area contributed by atoms with Gasteiger partial charge < -0.3 is 5.32 Å². The van der Waals surface area contributed by atoms with E-state index in [4.69, 9.17) is 5.26 Å². The summed E-state index contributed by atoms with van der Waals surface area (Å²) >= 11 is 0. The lowest BCUT2D eigenvalue weighted by Crippen LogP contribution is -2.33. The maximum Gasteiger partial charge on any atom is 0.0669 e. The highest BCUT2D eigenvalue weighted by atomic mass is 15.2. The Morgan fingerprint density at radius 2 is 2.06 bits per heavy atom. The number of nitrogens with one attached hydrogen (secondary N) is 1. The predicted molar refractivity (Wildman–Crippen MR) is 72.4 cm³/mol. The molecular formula is C15H19N3. The fraction of sp³-hybridized carbons (Fsp3) is 0.533. The van der Waals surface area contributed by atoms with Crippen molar-refractivity contribution < 1.29 is 0 Å². The van der Waals surface area contributed by atoms with Gasteiger partial charge in [-0.3, -0.25) is 4.90 Å². The molecule has 94 valence electrons. The summed E-state index contributed by atoms with van der Waals surface area (Å²) in [6.07, 6.45) is 4.44. The first kappa shape index (κ1) is 11.6. The van der Waals surface area contributed by atoms with Crippen LogP contribution in [0, 0.1) is 11.3 Å². The smallest absolute Gasteiger partial charge is 0.0669 e. The van der Waals surface area contributed by atoms with Gasteiger partial charge >= 0.3 is 0 Å². The molecule has 1 aromatic rings. The molecule has 0 amide bonds. The van der Waals surface area contributed by atoms with Crippen LogP contribution >= 0.6 is 0 Å². The minimum absolute atomic E-state index is 0.500. The molecule has 2 unspecified atom stereocenters. The zero-order valence-electron chi connectivity index (χ0n) is 10.6. The number of benzene rings is 1. The van der Waals surface area contributed by atoms with Gasteiger partial charge in [-0.1, -0.05) is 12.1 Å². The maximum absolute atomic E-state index is 8.65. The number of fused-ring (bicyclic) bond motifs is 1. The molecule has 2 fully saturated rings. The normalized spacial score (nSPS) is 26.8. The summed E-state index contributed by atoms with van der Waals surface area (Å²) in [5, 5.41) is 12.3. The Labute approximate surface area is 108 Å². The van der Waals surface area contributed by atoms with Crippen molar-refractivity contribution in [3.05, 3.63) is 29.8 Å². The highest BCUT2D eigenvalue weighted by molar-refractivity contribution is 5.46. The summed E-state index contributed by atoms with van der Waals surface area (Å²) in [5.74, 6) is 0. The minimum atomic E-state index is 0.500. The van der Waals surface area contributed by atoms with Crippen LogP contribution in [0.3, 0.4) is 0 Å². The topological polar surface area (TPSA) is 39.1 Å². The van der Waals surface area contributed by atoms with Crippen LogP contribution in [0.25, 0.3) is 0 Å². The lowest BCUT2D eigenvalue weighted by atomic mass is 10.1. The second kappa shape index (κ2) is 4.99. The summed E-state index contributed by atoms with van der Waals surface area (Å²) in [5.41, 5.74) is 2.28. The zero-order chi connectivity index (χ0) is 12.4. The summed E-state index contributed by atoms with van der Waals surface area (Å²) < 4.78 is 0. The third kappa shape index (κ3) is 2.21. The van der Waals surface area contributed by atoms with Crippen molar-refractivity contribution >= 4 is 5.69 Å². The van der Waals surface area contributed by atoms with Gasteiger partial charge in [0.05, 0.1) is 12.5 Å². The van der Waals surface area contributed by atoms with Crippen LogP contribution in [0.4, 0.5) is 5.69 Å². The Kier molecular flexibility index (Phi) is 3.21. The van der Waals surface area contributed by atoms with Crippen LogP contribution < -0.4 is 5.32 Å². The van der Waals surface area contributed by atoms with Gasteiger partial charge in [0.15, 0.2) is 0 Å². The number of hydrogen-bond donors (Lipinski definition) is 1. The van der Waals surface area contributed by atoms with Crippen molar-refractivity contribution in [3.8, 4) is 6.07 Å². The van der Waals surface area contributed by atoms with Gasteiger partial charge in [0.1, 0.15) is 0 Å². The number of hydrogen-bond acceptors (Lipinski definition) is 3. The largest absolute Gasteiger partial charge is 0.381 e. The van der Waals surface area contributed by atoms with Gasteiger partial charge in [-0.05, 0) is 43.5 Å². The first-order chi connectivity index (χ1) is 8.86. The first-order valence-corrected chi connectivity index (χ1v) is 6.83. The second-order valence-corrected chi connectivity index (χ2v) is 5.32. The minimum Gasteiger partial charge on any atom is -0.381 e. The first-order valence-electron chi connectivity index (χ1n) is 6.83. The Bertz CT molecular complexity index is 446. The molecule has 18 heavy (non-hydrogen) atoms. The average Bonchev–Trinajstić information content (AvgIpc) is 2.97. The van der Waals surface area contributed by atoms with E-state index in [-0.39, 0.29) is 0 Å². The van der Waals surface area contributed by atoms with Crippen LogP contribution in [-0.2, 0) is 6.42 Å². The summed E-state index contributed by atoms with van der Waals surface area (Å²) in [4.78, 5) is 2.61. The number of rotatable bonds is 3. The van der Waals surface area contributed by atoms with Crippen LogP contribution in [0.1, 0.15) is 24.8 Å². The molecule has 0 bridgehead atoms. The predicted octanol–water partition coefficient (Wildman–Crippen LogP) is 2.40. The van der Waals surface area contributed by atoms with E-state index in [0.717, 1.165) is 11.6 Å². The molecule has 3 rings (SSSR count). The van der Waals surface area contributed by atoms with Crippen LogP contribution in [-0.4, -0.2) is 30.1 Å². The van der Waals surface area contributed by atoms with Crippen molar-refractivity contribution in [1.29, 1.82) is 5.26 Å². The van der Waals surface area contributed by atoms with E-state index in [1.807, 2.05) is 12.1 Å². The molecule has 2 atom stereocenters. The van der Waals surface area contributed by atoms with E-state index < -0.39 is 0 Å². The lowest BCUT2D eigenvalue weighted by Gasteiger charge is -2.22. The summed E-state index contributed by atoms with van der Waals surface area (Å²) in [7, 11) is 0. The molecule has 2 heterocycles. The number of nitrogens with zero attached hydrogens (tertiary/aromatic N) is 2. The van der Waals surface area contributed by atoms with Gasteiger partial charge in [0, 0.05) is 24.3 Å². The van der Waals surface area contributed by atoms with Gasteiger partial charge in [-0.25, -0.2) is 0 Å². The van der Waals surface area contributed by atoms with Gasteiger partial charge in [0.2, 0.25) is 0 Å². The van der Waals surface area contributed by atoms with Gasteiger partial charge in [0.25, 0.3) is 0 Å². The van der Waals surface area contributed by atoms with Gasteiger partial charge in [-0.15, -0.1) is 0 Å². The molecule has 2 saturated heterocycles. The van der Waals surface area contributed by atoms with E-state index >= 15 is 0 Å². The molecule has 1 N–H and O–H groups in total. The van der Waals surface area contributed by atoms with Crippen molar-refractivity contribution in [2.75, 3.05) is 18.4 Å². The standard InChI is InChI=1S/C15H19N3/c16-9-7-12-3-5-13(6-4-12)17-14-8-11-18-10-1-2-15(14)18/h3-6,14-15,17H,1-2,7-8,10-11H2. The van der Waals surface area contributed by atoms with Gasteiger partial charge in [-0.2, -0.15) is 5.26 Å². The van der Waals surface area contributed by atoms with Crippen molar-refractivity contribution in [2.24, 2.45) is 0 Å². The number of nitriles is 1. The highest BCUT2D eigenvalue weighted by Gasteiger charge is 2.36. The molecule has 3 heteroatoms. The van der Waals surface area contributed by atoms with Crippen molar-refractivity contribution in [3.63, 3.8) is 0 Å². The Morgan fingerprint density at radius 1 is 1.22 bits per heavy atom. The zero-order valence-corrected chi connectivity index (χ0v) is 10.6. The van der Waals surface area contributed by atoms with Crippen LogP contribution in [0.5, 0.6) is 0 Å². The molecule has 2 aliphatic heterocycles. The average molecular weight is 241 g/mol. The van der Waals surface area contributed by atoms with E-state index in [2.05, 4.69) is 28.4 Å². The van der Waals surface area contributed by atoms with E-state index in [1.165, 1.54) is 38.0 Å². The molecule has 1 aromatic carbocycles. The molecule has 3 nitrogen and oxygen atoms in total. The third-order valence-corrected chi connectivity index (χ3v) is 4.20. The monoisotopic (exact) mass is 241 g/mol. The van der Waals surface area contributed by atoms with E-state index in [1.54, 1.807) is 0 Å². The van der Waals surface area contributed by atoms with E-state index in [0.29, 0.717) is 12.5 Å². The fourth-order valence-corrected chi connectivity index (χ4v) is 3.28. The fourth-order valence-electron chi connectivity index (χ4n) is 3.28. The second-order valence-electron chi connectivity index (χ2n) is 5.32. The quantitative estimate of drug-likeness (QED) is 0.883. The lowest BCUT2D eigenvalue weighted by molar-refractivity contribution is 0.318. The van der Waals surface area contributed by atoms with Crippen LogP contribution in [0.2, 0.25) is 0 Å². The number of anilines is 1. The molecule has 0 spiro atoms. The third-order valence-electron chi connectivity index (χ3n) is 4.20. The highest BCUT2D eigenvalue weighted by Crippen LogP contribution is 2.30. The SMILES string of the molecule is N#CCc1ccc(NC2CCN3CCCC23)cc1. The van der Waals surface area contributed by atoms with E-state index in [9.17, 15) is 0 Å². The summed E-state index contributed by atoms with van der Waals surface area (Å²) in [6, 6.07) is 11.8. The van der Waals surface area contributed by atoms with Crippen LogP contribution in [0.15, 0.2) is 24.3 Å². The van der Waals surface area contributed by atoms with Crippen molar-refractivity contribution in [1.82, 2.24) is 4.90 Å². The molecule has 0 aromatic heterocycles. The molecule has 0 saturated carbocycles. The molecule has 0 radical (unpaired) electrons. The summed E-state index contributed by atoms with van der Waals surface area (Å²) in [6.45, 7) is 2.53. The molecule has 0 aliphatic carbocycles. The Balaban J connectivity index is 1.64. The van der Waals surface area contributed by atoms with Crippen molar-refractivity contribution in [2.45, 2.75) is 37.8 Å². The maximum atomic E-state index is 8.65. The molecular weight excluding hydrogens is 222 g/mol. The Hall–Kier alpha value is -1.53.